The first-order valence-electron chi connectivity index (χ1n) is 6.46. The second-order valence-electron chi connectivity index (χ2n) is 4.72. The molecule has 0 spiro atoms. The van der Waals surface area contributed by atoms with Crippen LogP contribution in [0.15, 0.2) is 35.2 Å². The highest BCUT2D eigenvalue weighted by molar-refractivity contribution is 7.07. The summed E-state index contributed by atoms with van der Waals surface area (Å²) in [7, 11) is 1.72. The zero-order chi connectivity index (χ0) is 13.7. The number of nitrogens with one attached hydrogen (secondary N) is 1. The lowest BCUT2D eigenvalue weighted by Gasteiger charge is -2.19. The van der Waals surface area contributed by atoms with Crippen molar-refractivity contribution in [2.24, 2.45) is 0 Å². The van der Waals surface area contributed by atoms with Gasteiger partial charge >= 0.3 is 0 Å². The summed E-state index contributed by atoms with van der Waals surface area (Å²) in [4.78, 5) is 4.34. The van der Waals surface area contributed by atoms with Crippen LogP contribution in [0.3, 0.4) is 0 Å². The Morgan fingerprint density at radius 3 is 2.79 bits per heavy atom. The summed E-state index contributed by atoms with van der Waals surface area (Å²) in [5.74, 6) is 0.956. The molecule has 0 radical (unpaired) electrons. The minimum absolute atomic E-state index is 0.274. The smallest absolute Gasteiger partial charge is 0.122 e. The first-order chi connectivity index (χ1) is 9.20. The quantitative estimate of drug-likeness (QED) is 0.877. The predicted octanol–water partition coefficient (Wildman–Crippen LogP) is 3.43. The zero-order valence-corrected chi connectivity index (χ0v) is 12.4. The van der Waals surface area contributed by atoms with Crippen molar-refractivity contribution in [2.75, 3.05) is 7.11 Å². The lowest BCUT2D eigenvalue weighted by atomic mass is 10.1. The van der Waals surface area contributed by atoms with Crippen molar-refractivity contribution in [1.29, 1.82) is 0 Å². The molecule has 4 heteroatoms. The number of thiazole rings is 1. The Morgan fingerprint density at radius 2 is 2.11 bits per heavy atom. The van der Waals surface area contributed by atoms with E-state index in [2.05, 4.69) is 41.7 Å². The minimum atomic E-state index is 0.274. The number of benzene rings is 1. The summed E-state index contributed by atoms with van der Waals surface area (Å²) in [6.07, 6.45) is 0.943. The van der Waals surface area contributed by atoms with E-state index in [0.717, 1.165) is 17.9 Å². The summed E-state index contributed by atoms with van der Waals surface area (Å²) < 4.78 is 5.38. The molecule has 1 aromatic heterocycles. The van der Waals surface area contributed by atoms with Gasteiger partial charge in [-0.15, -0.1) is 11.3 Å². The Balaban J connectivity index is 1.95. The van der Waals surface area contributed by atoms with Crippen LogP contribution in [0.2, 0.25) is 0 Å². The van der Waals surface area contributed by atoms with Gasteiger partial charge in [-0.1, -0.05) is 18.2 Å². The molecule has 1 aromatic carbocycles. The van der Waals surface area contributed by atoms with E-state index in [4.69, 9.17) is 4.74 Å². The molecule has 102 valence electrons. The van der Waals surface area contributed by atoms with Gasteiger partial charge in [0.25, 0.3) is 0 Å². The average Bonchev–Trinajstić information content (AvgIpc) is 2.93. The summed E-state index contributed by atoms with van der Waals surface area (Å²) in [6.45, 7) is 4.34. The molecule has 2 atom stereocenters. The summed E-state index contributed by atoms with van der Waals surface area (Å²) in [5, 5.41) is 5.66. The van der Waals surface area contributed by atoms with Crippen LogP contribution >= 0.6 is 11.3 Å². The molecule has 1 heterocycles. The molecule has 19 heavy (non-hydrogen) atoms. The fourth-order valence-corrected chi connectivity index (χ4v) is 2.86. The van der Waals surface area contributed by atoms with Crippen molar-refractivity contribution >= 4 is 11.3 Å². The highest BCUT2D eigenvalue weighted by Crippen LogP contribution is 2.20. The first-order valence-corrected chi connectivity index (χ1v) is 7.41. The van der Waals surface area contributed by atoms with E-state index in [9.17, 15) is 0 Å². The Morgan fingerprint density at radius 1 is 1.32 bits per heavy atom. The molecule has 2 aromatic rings. The summed E-state index contributed by atoms with van der Waals surface area (Å²) in [6, 6.07) is 8.81. The highest BCUT2D eigenvalue weighted by Gasteiger charge is 2.13. The minimum Gasteiger partial charge on any atom is -0.496 e. The molecule has 0 saturated heterocycles. The van der Waals surface area contributed by atoms with Crippen molar-refractivity contribution in [3.8, 4) is 5.75 Å². The van der Waals surface area contributed by atoms with Crippen molar-refractivity contribution in [3.63, 3.8) is 0 Å². The third kappa shape index (κ3) is 3.78. The molecule has 0 bridgehead atoms. The molecule has 0 aliphatic carbocycles. The van der Waals surface area contributed by atoms with Crippen LogP contribution in [0.1, 0.15) is 31.1 Å². The largest absolute Gasteiger partial charge is 0.496 e. The van der Waals surface area contributed by atoms with Crippen molar-refractivity contribution < 1.29 is 4.74 Å². The maximum atomic E-state index is 5.38. The molecule has 0 saturated carbocycles. The maximum absolute atomic E-state index is 5.38. The molecule has 1 N–H and O–H groups in total. The molecule has 0 fully saturated rings. The molecular formula is C15H20N2OS. The number of nitrogens with zero attached hydrogens (tertiary/aromatic N) is 1. The summed E-state index contributed by atoms with van der Waals surface area (Å²) in [5.41, 5.74) is 4.21. The van der Waals surface area contributed by atoms with Gasteiger partial charge in [0.05, 0.1) is 18.3 Å². The van der Waals surface area contributed by atoms with Crippen LogP contribution in [0.5, 0.6) is 5.75 Å². The van der Waals surface area contributed by atoms with Gasteiger partial charge in [0.1, 0.15) is 5.75 Å². The van der Waals surface area contributed by atoms with Crippen molar-refractivity contribution in [1.82, 2.24) is 10.3 Å². The van der Waals surface area contributed by atoms with E-state index < -0.39 is 0 Å². The molecule has 2 unspecified atom stereocenters. The standard InChI is InChI=1S/C15H20N2OS/c1-11(17-12(2)14-9-19-10-16-14)8-13-6-4-5-7-15(13)18-3/h4-7,9-12,17H,8H2,1-3H3. The number of ether oxygens (including phenoxy) is 1. The van der Waals surface area contributed by atoms with Crippen LogP contribution in [-0.4, -0.2) is 18.1 Å². The fourth-order valence-electron chi connectivity index (χ4n) is 2.21. The van der Waals surface area contributed by atoms with Gasteiger partial charge in [-0.2, -0.15) is 0 Å². The monoisotopic (exact) mass is 276 g/mol. The van der Waals surface area contributed by atoms with E-state index in [1.807, 2.05) is 17.6 Å². The van der Waals surface area contributed by atoms with Gasteiger partial charge in [0.2, 0.25) is 0 Å². The molecule has 0 amide bonds. The van der Waals surface area contributed by atoms with Crippen LogP contribution in [0.25, 0.3) is 0 Å². The van der Waals surface area contributed by atoms with E-state index in [1.165, 1.54) is 5.56 Å². The van der Waals surface area contributed by atoms with Gasteiger partial charge in [0.15, 0.2) is 0 Å². The van der Waals surface area contributed by atoms with Gasteiger partial charge in [-0.25, -0.2) is 4.98 Å². The topological polar surface area (TPSA) is 34.1 Å². The highest BCUT2D eigenvalue weighted by atomic mass is 32.1. The Bertz CT molecular complexity index is 499. The van der Waals surface area contributed by atoms with E-state index >= 15 is 0 Å². The zero-order valence-electron chi connectivity index (χ0n) is 11.6. The fraction of sp³-hybridized carbons (Fsp3) is 0.400. The normalized spacial score (nSPS) is 14.1. The van der Waals surface area contributed by atoms with E-state index in [1.54, 1.807) is 18.4 Å². The Hall–Kier alpha value is -1.39. The van der Waals surface area contributed by atoms with Gasteiger partial charge in [-0.3, -0.25) is 0 Å². The van der Waals surface area contributed by atoms with E-state index in [-0.39, 0.29) is 6.04 Å². The van der Waals surface area contributed by atoms with E-state index in [0.29, 0.717) is 6.04 Å². The van der Waals surface area contributed by atoms with Gasteiger partial charge in [0, 0.05) is 17.5 Å². The van der Waals surface area contributed by atoms with Gasteiger partial charge in [-0.05, 0) is 31.9 Å². The number of para-hydroxylation sites is 1. The lowest BCUT2D eigenvalue weighted by Crippen LogP contribution is -2.31. The third-order valence-electron chi connectivity index (χ3n) is 3.15. The lowest BCUT2D eigenvalue weighted by molar-refractivity contribution is 0.403. The van der Waals surface area contributed by atoms with Crippen molar-refractivity contribution in [3.05, 3.63) is 46.4 Å². The van der Waals surface area contributed by atoms with Crippen LogP contribution < -0.4 is 10.1 Å². The molecule has 0 aliphatic heterocycles. The number of aromatic nitrogens is 1. The Kier molecular flexibility index (Phi) is 4.93. The molecule has 3 nitrogen and oxygen atoms in total. The maximum Gasteiger partial charge on any atom is 0.122 e. The first kappa shape index (κ1) is 14.0. The second kappa shape index (κ2) is 6.68. The number of rotatable bonds is 6. The number of hydrogen-bond acceptors (Lipinski definition) is 4. The Labute approximate surface area is 118 Å². The molecule has 0 aliphatic rings. The third-order valence-corrected chi connectivity index (χ3v) is 3.75. The van der Waals surface area contributed by atoms with Gasteiger partial charge < -0.3 is 10.1 Å². The van der Waals surface area contributed by atoms with Crippen LogP contribution in [-0.2, 0) is 6.42 Å². The molecule has 2 rings (SSSR count). The SMILES string of the molecule is COc1ccccc1CC(C)NC(C)c1cscn1. The number of methoxy groups -OCH3 is 1. The van der Waals surface area contributed by atoms with Crippen LogP contribution in [0, 0.1) is 0 Å². The van der Waals surface area contributed by atoms with Crippen LogP contribution in [0.4, 0.5) is 0 Å². The van der Waals surface area contributed by atoms with Crippen molar-refractivity contribution in [2.45, 2.75) is 32.4 Å². The average molecular weight is 276 g/mol. The predicted molar refractivity (Wildman–Crippen MR) is 79.8 cm³/mol. The summed E-state index contributed by atoms with van der Waals surface area (Å²) >= 11 is 1.63. The second-order valence-corrected chi connectivity index (χ2v) is 5.44. The number of hydrogen-bond donors (Lipinski definition) is 1. The molecular weight excluding hydrogens is 256 g/mol.